The summed E-state index contributed by atoms with van der Waals surface area (Å²) in [4.78, 5) is 15.0. The van der Waals surface area contributed by atoms with Crippen LogP contribution >= 0.6 is 35.1 Å². The first-order chi connectivity index (χ1) is 11.2. The monoisotopic (exact) mass is 360 g/mol. The van der Waals surface area contributed by atoms with E-state index in [9.17, 15) is 0 Å². The van der Waals surface area contributed by atoms with Gasteiger partial charge in [0.25, 0.3) is 0 Å². The van der Waals surface area contributed by atoms with Crippen LogP contribution in [0.2, 0.25) is 5.15 Å². The molecule has 2 N–H and O–H groups in total. The van der Waals surface area contributed by atoms with Crippen LogP contribution < -0.4 is 5.73 Å². The molecule has 4 nitrogen and oxygen atoms in total. The van der Waals surface area contributed by atoms with E-state index in [4.69, 9.17) is 17.3 Å². The Balaban J connectivity index is 1.68. The molecule has 0 radical (unpaired) electrons. The second kappa shape index (κ2) is 7.68. The van der Waals surface area contributed by atoms with Crippen molar-refractivity contribution in [3.05, 3.63) is 65.6 Å². The Kier molecular flexibility index (Phi) is 5.38. The molecule has 0 aliphatic carbocycles. The van der Waals surface area contributed by atoms with Crippen LogP contribution in [0.5, 0.6) is 0 Å². The highest BCUT2D eigenvalue weighted by Crippen LogP contribution is 2.28. The molecule has 0 unspecified atom stereocenters. The first kappa shape index (κ1) is 16.1. The quantitative estimate of drug-likeness (QED) is 0.409. The molecular weight excluding hydrogens is 348 g/mol. The van der Waals surface area contributed by atoms with Gasteiger partial charge in [0.1, 0.15) is 11.0 Å². The highest BCUT2D eigenvalue weighted by Gasteiger charge is 2.05. The summed E-state index contributed by atoms with van der Waals surface area (Å²) in [5.41, 5.74) is 6.63. The third-order valence-electron chi connectivity index (χ3n) is 2.81. The molecule has 1 aromatic carbocycles. The molecule has 7 heteroatoms. The van der Waals surface area contributed by atoms with Crippen LogP contribution in [0.1, 0.15) is 5.69 Å². The van der Waals surface area contributed by atoms with Crippen molar-refractivity contribution < 1.29 is 0 Å². The number of nitrogens with zero attached hydrogens (tertiary/aromatic N) is 3. The maximum Gasteiger partial charge on any atom is 0.191 e. The predicted octanol–water partition coefficient (Wildman–Crippen LogP) is 4.55. The van der Waals surface area contributed by atoms with Crippen molar-refractivity contribution in [2.24, 2.45) is 0 Å². The molecule has 0 bridgehead atoms. The van der Waals surface area contributed by atoms with E-state index in [1.165, 1.54) is 22.7 Å². The molecule has 0 saturated heterocycles. The molecule has 0 spiro atoms. The molecule has 3 aromatic rings. The van der Waals surface area contributed by atoms with E-state index in [1.54, 1.807) is 11.8 Å². The molecule has 2 heterocycles. The molecule has 3 rings (SSSR count). The molecule has 0 fully saturated rings. The summed E-state index contributed by atoms with van der Waals surface area (Å²) in [5, 5.41) is 0.902. The first-order valence-electron chi connectivity index (χ1n) is 6.80. The predicted molar refractivity (Wildman–Crippen MR) is 95.8 cm³/mol. The van der Waals surface area contributed by atoms with Gasteiger partial charge in [0.05, 0.1) is 5.69 Å². The van der Waals surface area contributed by atoms with Gasteiger partial charge in [-0.2, -0.15) is 0 Å². The van der Waals surface area contributed by atoms with Crippen molar-refractivity contribution in [1.29, 1.82) is 0 Å². The SMILES string of the molecule is Nc1cc(Cl)nc(SCc2cc(Sc3ccccc3)ccn2)n1. The van der Waals surface area contributed by atoms with Crippen LogP contribution in [0.4, 0.5) is 5.82 Å². The van der Waals surface area contributed by atoms with Crippen LogP contribution in [0.15, 0.2) is 69.7 Å². The van der Waals surface area contributed by atoms with Gasteiger partial charge in [-0.25, -0.2) is 9.97 Å². The Hall–Kier alpha value is -1.76. The van der Waals surface area contributed by atoms with Crippen molar-refractivity contribution in [2.75, 3.05) is 5.73 Å². The minimum atomic E-state index is 0.348. The molecule has 23 heavy (non-hydrogen) atoms. The number of anilines is 1. The van der Waals surface area contributed by atoms with Crippen LogP contribution in [0, 0.1) is 0 Å². The normalized spacial score (nSPS) is 10.7. The summed E-state index contributed by atoms with van der Waals surface area (Å²) < 4.78 is 0. The number of pyridine rings is 1. The number of thioether (sulfide) groups is 1. The lowest BCUT2D eigenvalue weighted by atomic mass is 10.4. The van der Waals surface area contributed by atoms with Gasteiger partial charge >= 0.3 is 0 Å². The van der Waals surface area contributed by atoms with Crippen molar-refractivity contribution in [1.82, 2.24) is 15.0 Å². The fourth-order valence-electron chi connectivity index (χ4n) is 1.84. The Labute approximate surface area is 147 Å². The Bertz CT molecular complexity index is 779. The fourth-order valence-corrected chi connectivity index (χ4v) is 3.74. The van der Waals surface area contributed by atoms with Gasteiger partial charge in [-0.1, -0.05) is 53.3 Å². The van der Waals surface area contributed by atoms with Crippen LogP contribution in [-0.2, 0) is 5.75 Å². The van der Waals surface area contributed by atoms with Crippen molar-refractivity contribution >= 4 is 40.9 Å². The van der Waals surface area contributed by atoms with Gasteiger partial charge < -0.3 is 5.73 Å². The standard InChI is InChI=1S/C16H13ClN4S2/c17-14-9-15(18)21-16(20-14)22-10-11-8-13(6-7-19-11)23-12-4-2-1-3-5-12/h1-9H,10H2,(H2,18,20,21). The third-order valence-corrected chi connectivity index (χ3v) is 4.88. The van der Waals surface area contributed by atoms with E-state index in [2.05, 4.69) is 33.2 Å². The largest absolute Gasteiger partial charge is 0.384 e. The summed E-state index contributed by atoms with van der Waals surface area (Å²) in [6.07, 6.45) is 1.81. The zero-order valence-corrected chi connectivity index (χ0v) is 14.4. The number of nitrogens with two attached hydrogens (primary N) is 1. The summed E-state index contributed by atoms with van der Waals surface area (Å²) in [6, 6.07) is 15.8. The molecular formula is C16H13ClN4S2. The minimum absolute atomic E-state index is 0.348. The second-order valence-electron chi connectivity index (χ2n) is 4.58. The highest BCUT2D eigenvalue weighted by atomic mass is 35.5. The topological polar surface area (TPSA) is 64.7 Å². The highest BCUT2D eigenvalue weighted by molar-refractivity contribution is 7.99. The number of halogens is 1. The molecule has 0 aliphatic rings. The third kappa shape index (κ3) is 4.86. The van der Waals surface area contributed by atoms with Crippen molar-refractivity contribution in [2.45, 2.75) is 20.7 Å². The van der Waals surface area contributed by atoms with E-state index >= 15 is 0 Å². The van der Waals surface area contributed by atoms with Crippen molar-refractivity contribution in [3.8, 4) is 0 Å². The summed E-state index contributed by atoms with van der Waals surface area (Å²) in [5.74, 6) is 1.03. The summed E-state index contributed by atoms with van der Waals surface area (Å²) in [7, 11) is 0. The van der Waals surface area contributed by atoms with Gasteiger partial charge in [0, 0.05) is 27.8 Å². The Morgan fingerprint density at radius 3 is 2.61 bits per heavy atom. The molecule has 0 saturated carbocycles. The second-order valence-corrected chi connectivity index (χ2v) is 7.06. The fraction of sp³-hybridized carbons (Fsp3) is 0.0625. The van der Waals surface area contributed by atoms with E-state index in [0.29, 0.717) is 21.9 Å². The van der Waals surface area contributed by atoms with Gasteiger partial charge in [-0.05, 0) is 24.3 Å². The smallest absolute Gasteiger partial charge is 0.191 e. The van der Waals surface area contributed by atoms with Gasteiger partial charge in [0.2, 0.25) is 0 Å². The number of rotatable bonds is 5. The lowest BCUT2D eigenvalue weighted by Gasteiger charge is -2.05. The lowest BCUT2D eigenvalue weighted by Crippen LogP contribution is -1.95. The molecule has 116 valence electrons. The maximum atomic E-state index is 5.88. The number of aromatic nitrogens is 3. The zero-order valence-electron chi connectivity index (χ0n) is 12.0. The minimum Gasteiger partial charge on any atom is -0.384 e. The first-order valence-corrected chi connectivity index (χ1v) is 8.98. The summed E-state index contributed by atoms with van der Waals surface area (Å²) in [6.45, 7) is 0. The Morgan fingerprint density at radius 1 is 1.00 bits per heavy atom. The van der Waals surface area contributed by atoms with Crippen molar-refractivity contribution in [3.63, 3.8) is 0 Å². The Morgan fingerprint density at radius 2 is 1.83 bits per heavy atom. The zero-order chi connectivity index (χ0) is 16.1. The average Bonchev–Trinajstić information content (AvgIpc) is 2.53. The van der Waals surface area contributed by atoms with E-state index in [1.807, 2.05) is 30.5 Å². The van der Waals surface area contributed by atoms with Crippen LogP contribution in [-0.4, -0.2) is 15.0 Å². The van der Waals surface area contributed by atoms with E-state index in [-0.39, 0.29) is 0 Å². The molecule has 0 aliphatic heterocycles. The van der Waals surface area contributed by atoms with E-state index in [0.717, 1.165) is 10.6 Å². The molecule has 0 atom stereocenters. The number of nitrogen functional groups attached to an aromatic ring is 1. The van der Waals surface area contributed by atoms with Crippen LogP contribution in [0.3, 0.4) is 0 Å². The summed E-state index contributed by atoms with van der Waals surface area (Å²) >= 11 is 9.05. The van der Waals surface area contributed by atoms with Gasteiger partial charge in [0.15, 0.2) is 5.16 Å². The molecule has 0 amide bonds. The number of hydrogen-bond donors (Lipinski definition) is 1. The van der Waals surface area contributed by atoms with E-state index < -0.39 is 0 Å². The maximum absolute atomic E-state index is 5.88. The number of benzene rings is 1. The average molecular weight is 361 g/mol. The van der Waals surface area contributed by atoms with Crippen LogP contribution in [0.25, 0.3) is 0 Å². The van der Waals surface area contributed by atoms with Gasteiger partial charge in [-0.15, -0.1) is 0 Å². The lowest BCUT2D eigenvalue weighted by molar-refractivity contribution is 0.973. The number of hydrogen-bond acceptors (Lipinski definition) is 6. The molecule has 2 aromatic heterocycles. The van der Waals surface area contributed by atoms with Gasteiger partial charge in [-0.3, -0.25) is 4.98 Å².